The molecule has 0 radical (unpaired) electrons. The van der Waals surface area contributed by atoms with Crippen molar-refractivity contribution in [3.8, 4) is 0 Å². The lowest BCUT2D eigenvalue weighted by molar-refractivity contribution is -0.139. The van der Waals surface area contributed by atoms with Crippen molar-refractivity contribution in [3.63, 3.8) is 0 Å². The molecule has 0 fully saturated rings. The van der Waals surface area contributed by atoms with Crippen LogP contribution in [0.1, 0.15) is 48.4 Å². The Morgan fingerprint density at radius 2 is 1.81 bits per heavy atom. The zero-order valence-electron chi connectivity index (χ0n) is 12.2. The highest BCUT2D eigenvalue weighted by molar-refractivity contribution is 5.95. The fraction of sp³-hybridized carbons (Fsp3) is 0.500. The smallest absolute Gasteiger partial charge is 0.416 e. The zero-order chi connectivity index (χ0) is 16.4. The Morgan fingerprint density at radius 1 is 1.24 bits per heavy atom. The number of nitrogens with two attached hydrogens (primary N) is 1. The molecular formula is C14H18F3NO3. The number of carbonyl (C=O) groups is 1. The third-order valence-corrected chi connectivity index (χ3v) is 2.85. The summed E-state index contributed by atoms with van der Waals surface area (Å²) in [4.78, 5) is 11.6. The van der Waals surface area contributed by atoms with E-state index in [1.54, 1.807) is 13.8 Å². The van der Waals surface area contributed by atoms with Crippen molar-refractivity contribution in [1.82, 2.24) is 0 Å². The van der Waals surface area contributed by atoms with Gasteiger partial charge in [0.25, 0.3) is 0 Å². The summed E-state index contributed by atoms with van der Waals surface area (Å²) in [6.07, 6.45) is -5.70. The molecule has 1 atom stereocenters. The summed E-state index contributed by atoms with van der Waals surface area (Å²) < 4.78 is 49.2. The van der Waals surface area contributed by atoms with Crippen LogP contribution in [0.4, 0.5) is 18.9 Å². The molecule has 0 aliphatic rings. The Bertz CT molecular complexity index is 527. The van der Waals surface area contributed by atoms with Gasteiger partial charge in [-0.2, -0.15) is 13.2 Å². The maximum absolute atomic E-state index is 13.1. The first-order valence-electron chi connectivity index (χ1n) is 6.32. The molecule has 1 rings (SSSR count). The summed E-state index contributed by atoms with van der Waals surface area (Å²) in [6.45, 7) is 4.91. The van der Waals surface area contributed by atoms with Gasteiger partial charge in [-0.25, -0.2) is 4.79 Å². The fourth-order valence-corrected chi connectivity index (χ4v) is 1.98. The number of nitrogen functional groups attached to an aromatic ring is 1. The van der Waals surface area contributed by atoms with E-state index < -0.39 is 23.8 Å². The average molecular weight is 305 g/mol. The molecule has 0 aromatic heterocycles. The molecule has 118 valence electrons. The number of benzene rings is 1. The van der Waals surface area contributed by atoms with E-state index in [1.165, 1.54) is 6.92 Å². The van der Waals surface area contributed by atoms with Gasteiger partial charge in [0, 0.05) is 5.69 Å². The van der Waals surface area contributed by atoms with Crippen molar-refractivity contribution in [2.24, 2.45) is 0 Å². The molecule has 7 heteroatoms. The number of esters is 1. The highest BCUT2D eigenvalue weighted by Gasteiger charge is 2.36. The number of carbonyl (C=O) groups excluding carboxylic acids is 1. The maximum Gasteiger partial charge on any atom is 0.416 e. The van der Waals surface area contributed by atoms with E-state index in [0.717, 1.165) is 19.2 Å². The lowest BCUT2D eigenvalue weighted by Crippen LogP contribution is -2.17. The van der Waals surface area contributed by atoms with Crippen molar-refractivity contribution in [2.45, 2.75) is 39.2 Å². The highest BCUT2D eigenvalue weighted by atomic mass is 19.4. The van der Waals surface area contributed by atoms with Crippen LogP contribution < -0.4 is 5.73 Å². The molecule has 0 saturated carbocycles. The SMILES string of the molecule is COC(=O)c1cc(C(C)OC(C)C)c(C(F)(F)F)cc1N. The summed E-state index contributed by atoms with van der Waals surface area (Å²) in [5.74, 6) is -0.792. The van der Waals surface area contributed by atoms with Crippen LogP contribution in [0.15, 0.2) is 12.1 Å². The van der Waals surface area contributed by atoms with Gasteiger partial charge in [0.1, 0.15) is 0 Å². The first kappa shape index (κ1) is 17.3. The minimum Gasteiger partial charge on any atom is -0.465 e. The van der Waals surface area contributed by atoms with Crippen molar-refractivity contribution < 1.29 is 27.4 Å². The molecule has 2 N–H and O–H groups in total. The number of alkyl halides is 3. The lowest BCUT2D eigenvalue weighted by Gasteiger charge is -2.22. The number of hydrogen-bond acceptors (Lipinski definition) is 4. The molecule has 0 aliphatic carbocycles. The van der Waals surface area contributed by atoms with Gasteiger partial charge >= 0.3 is 12.1 Å². The van der Waals surface area contributed by atoms with Crippen LogP contribution in [0.5, 0.6) is 0 Å². The average Bonchev–Trinajstić information content (AvgIpc) is 2.35. The highest BCUT2D eigenvalue weighted by Crippen LogP contribution is 2.38. The van der Waals surface area contributed by atoms with Gasteiger partial charge in [-0.1, -0.05) is 0 Å². The second-order valence-electron chi connectivity index (χ2n) is 4.84. The molecule has 4 nitrogen and oxygen atoms in total. The van der Waals surface area contributed by atoms with Crippen molar-refractivity contribution >= 4 is 11.7 Å². The first-order chi connectivity index (χ1) is 9.57. The zero-order valence-corrected chi connectivity index (χ0v) is 12.2. The molecule has 0 amide bonds. The monoisotopic (exact) mass is 305 g/mol. The minimum absolute atomic E-state index is 0.111. The summed E-state index contributed by atoms with van der Waals surface area (Å²) in [5.41, 5.74) is 4.07. The van der Waals surface area contributed by atoms with Gasteiger partial charge in [0.2, 0.25) is 0 Å². The molecule has 21 heavy (non-hydrogen) atoms. The number of anilines is 1. The Labute approximate surface area is 121 Å². The lowest BCUT2D eigenvalue weighted by atomic mass is 9.98. The quantitative estimate of drug-likeness (QED) is 0.682. The molecule has 0 heterocycles. The number of hydrogen-bond donors (Lipinski definition) is 1. The van der Waals surface area contributed by atoms with Gasteiger partial charge in [0.15, 0.2) is 0 Å². The maximum atomic E-state index is 13.1. The van der Waals surface area contributed by atoms with E-state index in [0.29, 0.717) is 0 Å². The Morgan fingerprint density at radius 3 is 2.24 bits per heavy atom. The van der Waals surface area contributed by atoms with Gasteiger partial charge in [-0.15, -0.1) is 0 Å². The van der Waals surface area contributed by atoms with E-state index in [9.17, 15) is 18.0 Å². The molecule has 1 aromatic rings. The van der Waals surface area contributed by atoms with Crippen LogP contribution in [-0.2, 0) is 15.7 Å². The number of rotatable bonds is 4. The van der Waals surface area contributed by atoms with Gasteiger partial charge in [-0.05, 0) is 38.5 Å². The van der Waals surface area contributed by atoms with Crippen molar-refractivity contribution in [1.29, 1.82) is 0 Å². The summed E-state index contributed by atoms with van der Waals surface area (Å²) in [7, 11) is 1.13. The van der Waals surface area contributed by atoms with Crippen LogP contribution in [0, 0.1) is 0 Å². The molecule has 0 saturated heterocycles. The predicted octanol–water partition coefficient (Wildman–Crippen LogP) is 3.56. The molecule has 0 bridgehead atoms. The van der Waals surface area contributed by atoms with Gasteiger partial charge in [0.05, 0.1) is 30.4 Å². The Kier molecular flexibility index (Phi) is 5.22. The Balaban J connectivity index is 3.45. The Hall–Kier alpha value is -1.76. The standard InChI is InChI=1S/C14H18F3NO3/c1-7(2)21-8(3)9-5-10(13(19)20-4)12(18)6-11(9)14(15,16)17/h5-8H,18H2,1-4H3. The summed E-state index contributed by atoms with van der Waals surface area (Å²) in [6, 6.07) is 1.82. The minimum atomic E-state index is -4.59. The van der Waals surface area contributed by atoms with Crippen LogP contribution >= 0.6 is 0 Å². The normalized spacial score (nSPS) is 13.3. The largest absolute Gasteiger partial charge is 0.465 e. The topological polar surface area (TPSA) is 61.5 Å². The van der Waals surface area contributed by atoms with E-state index in [-0.39, 0.29) is 22.9 Å². The summed E-state index contributed by atoms with van der Waals surface area (Å²) >= 11 is 0. The first-order valence-corrected chi connectivity index (χ1v) is 6.32. The van der Waals surface area contributed by atoms with Gasteiger partial charge < -0.3 is 15.2 Å². The van der Waals surface area contributed by atoms with Crippen LogP contribution in [0.3, 0.4) is 0 Å². The van der Waals surface area contributed by atoms with Crippen LogP contribution in [-0.4, -0.2) is 19.2 Å². The predicted molar refractivity (Wildman–Crippen MR) is 71.8 cm³/mol. The second-order valence-corrected chi connectivity index (χ2v) is 4.84. The van der Waals surface area contributed by atoms with Crippen molar-refractivity contribution in [2.75, 3.05) is 12.8 Å². The number of ether oxygens (including phenoxy) is 2. The molecule has 1 unspecified atom stereocenters. The molecule has 1 aromatic carbocycles. The van der Waals surface area contributed by atoms with Crippen molar-refractivity contribution in [3.05, 3.63) is 28.8 Å². The van der Waals surface area contributed by atoms with E-state index in [2.05, 4.69) is 4.74 Å². The summed E-state index contributed by atoms with van der Waals surface area (Å²) in [5, 5.41) is 0. The number of methoxy groups -OCH3 is 1. The van der Waals surface area contributed by atoms with E-state index >= 15 is 0 Å². The second kappa shape index (κ2) is 6.34. The van der Waals surface area contributed by atoms with E-state index in [4.69, 9.17) is 10.5 Å². The molecule has 0 aliphatic heterocycles. The molecule has 0 spiro atoms. The number of halogens is 3. The van der Waals surface area contributed by atoms with Crippen LogP contribution in [0.2, 0.25) is 0 Å². The third kappa shape index (κ3) is 4.10. The fourth-order valence-electron chi connectivity index (χ4n) is 1.98. The van der Waals surface area contributed by atoms with Gasteiger partial charge in [-0.3, -0.25) is 0 Å². The third-order valence-electron chi connectivity index (χ3n) is 2.85. The molecular weight excluding hydrogens is 287 g/mol. The van der Waals surface area contributed by atoms with Crippen LogP contribution in [0.25, 0.3) is 0 Å². The van der Waals surface area contributed by atoms with E-state index in [1.807, 2.05) is 0 Å².